The van der Waals surface area contributed by atoms with Crippen molar-refractivity contribution >= 4 is 11.9 Å². The fourth-order valence-electron chi connectivity index (χ4n) is 6.24. The van der Waals surface area contributed by atoms with Gasteiger partial charge in [-0.1, -0.05) is 0 Å². The highest BCUT2D eigenvalue weighted by atomic mass is 16.7. The third-order valence-electron chi connectivity index (χ3n) is 8.90. The monoisotopic (exact) mass is 645 g/mol. The van der Waals surface area contributed by atoms with Crippen LogP contribution in [0.2, 0.25) is 0 Å². The maximum absolute atomic E-state index is 13.2. The minimum absolute atomic E-state index is 0.00887. The first kappa shape index (κ1) is 35.7. The molecule has 18 heteroatoms. The number of ether oxygens (including phenoxy) is 4. The molecule has 18 nitrogen and oxygen atoms in total. The van der Waals surface area contributed by atoms with Gasteiger partial charge in [-0.25, -0.2) is 0 Å². The molecule has 4 aliphatic rings. The van der Waals surface area contributed by atoms with Crippen LogP contribution in [0.15, 0.2) is 11.8 Å². The zero-order valence-corrected chi connectivity index (χ0v) is 25.7. The van der Waals surface area contributed by atoms with E-state index in [1.807, 2.05) is 6.08 Å². The number of nitrogens with one attached hydrogen (secondary N) is 5. The average molecular weight is 646 g/mol. The Morgan fingerprint density at radius 3 is 2.49 bits per heavy atom. The summed E-state index contributed by atoms with van der Waals surface area (Å²) in [7, 11) is 1.57. The second-order valence-corrected chi connectivity index (χ2v) is 12.5. The third kappa shape index (κ3) is 8.03. The molecule has 3 fully saturated rings. The molecular formula is C27H51N9O9. The molecule has 1 saturated heterocycles. The fraction of sp³-hybridized carbons (Fsp3) is 0.852. The largest absolute Gasteiger partial charge is 0.467 e. The van der Waals surface area contributed by atoms with Crippen LogP contribution in [-0.2, 0) is 23.7 Å². The predicted molar refractivity (Wildman–Crippen MR) is 160 cm³/mol. The van der Waals surface area contributed by atoms with Gasteiger partial charge in [-0.2, -0.15) is 0 Å². The van der Waals surface area contributed by atoms with Gasteiger partial charge < -0.3 is 83.6 Å². The highest BCUT2D eigenvalue weighted by Crippen LogP contribution is 2.37. The molecule has 0 bridgehead atoms. The van der Waals surface area contributed by atoms with Gasteiger partial charge in [0, 0.05) is 12.5 Å². The number of aliphatic hydroxyl groups is 4. The lowest BCUT2D eigenvalue weighted by Gasteiger charge is -2.49. The van der Waals surface area contributed by atoms with Crippen molar-refractivity contribution in [1.82, 2.24) is 21.3 Å². The first-order chi connectivity index (χ1) is 21.2. The highest BCUT2D eigenvalue weighted by Gasteiger charge is 2.61. The van der Waals surface area contributed by atoms with Crippen LogP contribution in [-0.4, -0.2) is 144 Å². The number of amides is 1. The van der Waals surface area contributed by atoms with Crippen molar-refractivity contribution < 1.29 is 44.2 Å². The minimum Gasteiger partial charge on any atom is -0.467 e. The number of rotatable bonds is 13. The number of nitrogens with two attached hydrogens (primary N) is 4. The molecule has 2 heterocycles. The molecule has 4 rings (SSSR count). The van der Waals surface area contributed by atoms with E-state index in [-0.39, 0.29) is 32.0 Å². The standard InChI is InChI=1S/C27H51N9O9/c1-26(40)11-42-23(18(38)21(26)33-2)45-20-15(35-24(39)27(41)9-16(27)36-25(31)32)8-13(30)19(17(20)37)44-22-14(34-7-3-6-28)5-4-12(10-29)43-22/h4,13-23,33-34,37-38,40-41H,3,5-11,28-30H2,1-2H3,(H,35,39)(H4,31,32,36)/t13-,14+,15+,16?,17-,18+,19?,20-,21+,22+,23+,26-,27?/m0/s1. The van der Waals surface area contributed by atoms with Gasteiger partial charge in [-0.15, -0.1) is 0 Å². The van der Waals surface area contributed by atoms with E-state index in [1.165, 1.54) is 6.92 Å². The normalized spacial score (nSPS) is 43.1. The zero-order valence-electron chi connectivity index (χ0n) is 25.7. The molecule has 0 spiro atoms. The second kappa shape index (κ2) is 14.7. The molecule has 17 N–H and O–H groups in total. The van der Waals surface area contributed by atoms with Gasteiger partial charge in [0.25, 0.3) is 5.91 Å². The second-order valence-electron chi connectivity index (χ2n) is 12.5. The van der Waals surface area contributed by atoms with Crippen LogP contribution >= 0.6 is 0 Å². The van der Waals surface area contributed by atoms with Gasteiger partial charge in [0.2, 0.25) is 6.29 Å². The van der Waals surface area contributed by atoms with Gasteiger partial charge >= 0.3 is 0 Å². The lowest BCUT2D eigenvalue weighted by Crippen LogP contribution is -2.69. The summed E-state index contributed by atoms with van der Waals surface area (Å²) in [4.78, 5) is 13.2. The van der Waals surface area contributed by atoms with Gasteiger partial charge in [0.15, 0.2) is 17.9 Å². The Bertz CT molecular complexity index is 1070. The molecule has 1 amide bonds. The molecule has 0 aromatic carbocycles. The number of guanidine groups is 1. The summed E-state index contributed by atoms with van der Waals surface area (Å²) < 4.78 is 24.1. The molecule has 3 unspecified atom stereocenters. The van der Waals surface area contributed by atoms with Crippen LogP contribution in [0.1, 0.15) is 32.6 Å². The Morgan fingerprint density at radius 1 is 1.13 bits per heavy atom. The third-order valence-corrected chi connectivity index (χ3v) is 8.90. The average Bonchev–Trinajstić information content (AvgIpc) is 3.64. The van der Waals surface area contributed by atoms with Crippen LogP contribution in [0, 0.1) is 5.41 Å². The maximum Gasteiger partial charge on any atom is 0.254 e. The molecule has 13 atom stereocenters. The van der Waals surface area contributed by atoms with Gasteiger partial charge in [-0.05, 0) is 52.4 Å². The van der Waals surface area contributed by atoms with E-state index in [0.717, 1.165) is 6.42 Å². The number of carbonyl (C=O) groups is 1. The summed E-state index contributed by atoms with van der Waals surface area (Å²) in [5, 5.41) is 63.2. The lowest BCUT2D eigenvalue weighted by atomic mass is 9.83. The molecule has 2 aliphatic carbocycles. The van der Waals surface area contributed by atoms with Crippen LogP contribution in [0.5, 0.6) is 0 Å². The van der Waals surface area contributed by atoms with Crippen molar-refractivity contribution in [3.63, 3.8) is 0 Å². The van der Waals surface area contributed by atoms with Crippen LogP contribution in [0.25, 0.3) is 0 Å². The van der Waals surface area contributed by atoms with Crippen molar-refractivity contribution in [2.75, 3.05) is 33.3 Å². The minimum atomic E-state index is -1.85. The van der Waals surface area contributed by atoms with Gasteiger partial charge in [0.05, 0.1) is 37.3 Å². The van der Waals surface area contributed by atoms with Crippen molar-refractivity contribution in [3.05, 3.63) is 11.8 Å². The van der Waals surface area contributed by atoms with E-state index in [2.05, 4.69) is 21.3 Å². The molecule has 0 aromatic heterocycles. The molecular weight excluding hydrogens is 594 g/mol. The van der Waals surface area contributed by atoms with Crippen LogP contribution in [0.4, 0.5) is 0 Å². The first-order valence-electron chi connectivity index (χ1n) is 15.3. The van der Waals surface area contributed by atoms with Crippen molar-refractivity contribution in [2.45, 2.75) is 111 Å². The fourth-order valence-corrected chi connectivity index (χ4v) is 6.24. The summed E-state index contributed by atoms with van der Waals surface area (Å²) >= 11 is 0. The van der Waals surface area contributed by atoms with Crippen molar-refractivity contribution in [1.29, 1.82) is 5.41 Å². The molecule has 45 heavy (non-hydrogen) atoms. The molecule has 0 aromatic rings. The Kier molecular flexibility index (Phi) is 11.6. The van der Waals surface area contributed by atoms with E-state index in [0.29, 0.717) is 25.3 Å². The predicted octanol–water partition coefficient (Wildman–Crippen LogP) is -5.73. The Labute approximate surface area is 262 Å². The summed E-state index contributed by atoms with van der Waals surface area (Å²) in [6.07, 6.45) is -4.21. The topological polar surface area (TPSA) is 311 Å². The SMILES string of the molecule is CN[C@@H]1[C@@H](O)[C@@H](O[C@H]2[C@H](NC(=O)C3(O)CC3NC(=N)N)C[C@H](N)C(O[C@H]3OC(CN)=CC[C@H]3NCCCN)[C@@H]2O)OC[C@]1(C)O. The van der Waals surface area contributed by atoms with Crippen molar-refractivity contribution in [3.8, 4) is 0 Å². The number of aliphatic hydroxyl groups excluding tert-OH is 2. The summed E-state index contributed by atoms with van der Waals surface area (Å²) in [6.45, 7) is 2.55. The molecule has 258 valence electrons. The van der Waals surface area contributed by atoms with E-state index >= 15 is 0 Å². The smallest absolute Gasteiger partial charge is 0.254 e. The van der Waals surface area contributed by atoms with E-state index < -0.39 is 84.2 Å². The highest BCUT2D eigenvalue weighted by molar-refractivity contribution is 5.91. The quantitative estimate of drug-likeness (QED) is 0.0504. The Morgan fingerprint density at radius 2 is 1.84 bits per heavy atom. The first-order valence-corrected chi connectivity index (χ1v) is 15.3. The Balaban J connectivity index is 1.55. The summed E-state index contributed by atoms with van der Waals surface area (Å²) in [5.41, 5.74) is 20.1. The lowest BCUT2D eigenvalue weighted by molar-refractivity contribution is -0.304. The van der Waals surface area contributed by atoms with Crippen LogP contribution < -0.4 is 44.2 Å². The maximum atomic E-state index is 13.2. The van der Waals surface area contributed by atoms with Crippen LogP contribution in [0.3, 0.4) is 0 Å². The van der Waals surface area contributed by atoms with E-state index in [4.69, 9.17) is 47.3 Å². The van der Waals surface area contributed by atoms with Crippen molar-refractivity contribution in [2.24, 2.45) is 22.9 Å². The zero-order chi connectivity index (χ0) is 33.1. The van der Waals surface area contributed by atoms with E-state index in [9.17, 15) is 25.2 Å². The number of likely N-dealkylation sites (N-methyl/N-ethyl adjacent to an activating group) is 1. The van der Waals surface area contributed by atoms with Gasteiger partial charge in [0.1, 0.15) is 35.8 Å². The van der Waals surface area contributed by atoms with E-state index in [1.54, 1.807) is 7.05 Å². The number of carbonyl (C=O) groups excluding carboxylic acids is 1. The van der Waals surface area contributed by atoms with Gasteiger partial charge in [-0.3, -0.25) is 10.2 Å². The molecule has 2 saturated carbocycles. The number of hydrogen-bond donors (Lipinski definition) is 13. The molecule has 2 aliphatic heterocycles. The summed E-state index contributed by atoms with van der Waals surface area (Å²) in [5.74, 6) is -0.659. The Hall–Kier alpha value is -2.20. The molecule has 0 radical (unpaired) electrons. The summed E-state index contributed by atoms with van der Waals surface area (Å²) in [6, 6.07) is -3.73. The number of hydrogen-bond acceptors (Lipinski definition) is 15.